The predicted molar refractivity (Wildman–Crippen MR) is 59.7 cm³/mol. The van der Waals surface area contributed by atoms with Gasteiger partial charge in [0.25, 0.3) is 0 Å². The Morgan fingerprint density at radius 3 is 1.95 bits per heavy atom. The minimum absolute atomic E-state index is 0.0717. The molecule has 3 N–H and O–H groups in total. The quantitative estimate of drug-likeness (QED) is 0.649. The third-order valence-corrected chi connectivity index (χ3v) is 3.98. The molecule has 0 unspecified atom stereocenters. The van der Waals surface area contributed by atoms with Gasteiger partial charge in [0.2, 0.25) is 10.0 Å². The molecule has 1 aromatic rings. The van der Waals surface area contributed by atoms with E-state index in [1.807, 2.05) is 4.72 Å². The van der Waals surface area contributed by atoms with Crippen LogP contribution in [0, 0.1) is 23.3 Å². The average Bonchev–Trinajstić information content (AvgIpc) is 2.25. The standard InChI is InChI=1S/C10H12F4N2O2S/c1-10(2,4-15)16-19(17,18)9-7(13)5(11)3-6(12)8(9)14/h3,16H,4,15H2,1-2H3. The summed E-state index contributed by atoms with van der Waals surface area (Å²) < 4.78 is 78.1. The lowest BCUT2D eigenvalue weighted by Crippen LogP contribution is -2.49. The molecule has 0 aromatic heterocycles. The summed E-state index contributed by atoms with van der Waals surface area (Å²) in [5.41, 5.74) is 4.03. The number of nitrogens with one attached hydrogen (secondary N) is 1. The Morgan fingerprint density at radius 2 is 1.58 bits per heavy atom. The van der Waals surface area contributed by atoms with E-state index in [0.717, 1.165) is 0 Å². The largest absolute Gasteiger partial charge is 0.329 e. The monoisotopic (exact) mass is 300 g/mol. The summed E-state index contributed by atoms with van der Waals surface area (Å²) in [5.74, 6) is -7.58. The zero-order valence-electron chi connectivity index (χ0n) is 10.1. The zero-order chi connectivity index (χ0) is 15.0. The summed E-state index contributed by atoms with van der Waals surface area (Å²) in [6.07, 6.45) is 0. The molecule has 108 valence electrons. The normalized spacial score (nSPS) is 12.8. The van der Waals surface area contributed by atoms with Crippen molar-refractivity contribution in [3.8, 4) is 0 Å². The first-order valence-corrected chi connectivity index (χ1v) is 6.57. The molecule has 1 aromatic carbocycles. The van der Waals surface area contributed by atoms with Crippen molar-refractivity contribution in [1.82, 2.24) is 4.72 Å². The topological polar surface area (TPSA) is 72.2 Å². The first kappa shape index (κ1) is 15.9. The third kappa shape index (κ3) is 3.23. The van der Waals surface area contributed by atoms with Crippen molar-refractivity contribution in [2.75, 3.05) is 6.54 Å². The van der Waals surface area contributed by atoms with Gasteiger partial charge < -0.3 is 5.73 Å². The van der Waals surface area contributed by atoms with Crippen LogP contribution in [0.4, 0.5) is 17.6 Å². The van der Waals surface area contributed by atoms with Gasteiger partial charge in [-0.1, -0.05) is 0 Å². The van der Waals surface area contributed by atoms with Crippen molar-refractivity contribution >= 4 is 10.0 Å². The molecule has 0 bridgehead atoms. The van der Waals surface area contributed by atoms with Gasteiger partial charge in [-0.15, -0.1) is 0 Å². The molecule has 0 amide bonds. The second kappa shape index (κ2) is 5.06. The van der Waals surface area contributed by atoms with E-state index in [9.17, 15) is 26.0 Å². The Hall–Kier alpha value is -1.19. The minimum Gasteiger partial charge on any atom is -0.329 e. The van der Waals surface area contributed by atoms with Crippen LogP contribution in [0.5, 0.6) is 0 Å². The molecule has 4 nitrogen and oxygen atoms in total. The highest BCUT2D eigenvalue weighted by molar-refractivity contribution is 7.89. The number of hydrogen-bond acceptors (Lipinski definition) is 3. The molecule has 19 heavy (non-hydrogen) atoms. The number of benzene rings is 1. The van der Waals surface area contributed by atoms with Crippen molar-refractivity contribution in [3.05, 3.63) is 29.3 Å². The minimum atomic E-state index is -4.80. The molecule has 0 saturated carbocycles. The van der Waals surface area contributed by atoms with Gasteiger partial charge in [-0.25, -0.2) is 30.7 Å². The van der Waals surface area contributed by atoms with Crippen LogP contribution in [0.2, 0.25) is 0 Å². The summed E-state index contributed by atoms with van der Waals surface area (Å²) in [4.78, 5) is -1.70. The Balaban J connectivity index is 3.46. The van der Waals surface area contributed by atoms with Crippen molar-refractivity contribution in [2.24, 2.45) is 5.73 Å². The summed E-state index contributed by atoms with van der Waals surface area (Å²) in [7, 11) is -4.80. The van der Waals surface area contributed by atoms with E-state index >= 15 is 0 Å². The molecule has 9 heteroatoms. The first-order chi connectivity index (χ1) is 8.52. The zero-order valence-corrected chi connectivity index (χ0v) is 10.9. The molecule has 0 atom stereocenters. The van der Waals surface area contributed by atoms with Crippen LogP contribution in [-0.2, 0) is 10.0 Å². The lowest BCUT2D eigenvalue weighted by molar-refractivity contribution is 0.410. The molecule has 1 rings (SSSR count). The molecular weight excluding hydrogens is 288 g/mol. The van der Waals surface area contributed by atoms with Crippen LogP contribution in [0.25, 0.3) is 0 Å². The lowest BCUT2D eigenvalue weighted by Gasteiger charge is -2.24. The van der Waals surface area contributed by atoms with E-state index in [-0.39, 0.29) is 12.6 Å². The van der Waals surface area contributed by atoms with E-state index in [1.54, 1.807) is 0 Å². The van der Waals surface area contributed by atoms with Gasteiger partial charge in [0, 0.05) is 18.2 Å². The fraction of sp³-hybridized carbons (Fsp3) is 0.400. The lowest BCUT2D eigenvalue weighted by atomic mass is 10.1. The fourth-order valence-electron chi connectivity index (χ4n) is 1.24. The van der Waals surface area contributed by atoms with Crippen LogP contribution < -0.4 is 10.5 Å². The van der Waals surface area contributed by atoms with Gasteiger partial charge >= 0.3 is 0 Å². The second-order valence-corrected chi connectivity index (χ2v) is 6.11. The van der Waals surface area contributed by atoms with Crippen LogP contribution in [0.15, 0.2) is 11.0 Å². The molecule has 0 aliphatic heterocycles. The van der Waals surface area contributed by atoms with Crippen LogP contribution >= 0.6 is 0 Å². The summed E-state index contributed by atoms with van der Waals surface area (Å²) in [5, 5.41) is 0. The maximum atomic E-state index is 13.4. The van der Waals surface area contributed by atoms with Gasteiger partial charge in [0.05, 0.1) is 0 Å². The van der Waals surface area contributed by atoms with E-state index in [1.165, 1.54) is 13.8 Å². The first-order valence-electron chi connectivity index (χ1n) is 5.09. The van der Waals surface area contributed by atoms with E-state index in [0.29, 0.717) is 0 Å². The molecule has 0 saturated heterocycles. The number of sulfonamides is 1. The fourth-order valence-corrected chi connectivity index (χ4v) is 2.82. The average molecular weight is 300 g/mol. The number of halogens is 4. The number of hydrogen-bond donors (Lipinski definition) is 2. The van der Waals surface area contributed by atoms with Gasteiger partial charge in [-0.05, 0) is 13.8 Å². The van der Waals surface area contributed by atoms with Crippen LogP contribution in [0.3, 0.4) is 0 Å². The third-order valence-electron chi connectivity index (χ3n) is 2.26. The Bertz CT molecular complexity index is 576. The van der Waals surface area contributed by atoms with Gasteiger partial charge in [-0.2, -0.15) is 0 Å². The van der Waals surface area contributed by atoms with Crippen molar-refractivity contribution < 1.29 is 26.0 Å². The SMILES string of the molecule is CC(C)(CN)NS(=O)(=O)c1c(F)c(F)cc(F)c1F. The maximum absolute atomic E-state index is 13.4. The number of nitrogens with two attached hydrogens (primary N) is 1. The highest BCUT2D eigenvalue weighted by Gasteiger charge is 2.33. The molecule has 0 aliphatic rings. The Kier molecular flexibility index (Phi) is 4.23. The Labute approximate surface area is 107 Å². The molecule has 0 heterocycles. The summed E-state index contributed by atoms with van der Waals surface area (Å²) in [6, 6.07) is -0.0717. The van der Waals surface area contributed by atoms with Crippen LogP contribution in [-0.4, -0.2) is 20.5 Å². The molecule has 0 radical (unpaired) electrons. The summed E-state index contributed by atoms with van der Waals surface area (Å²) >= 11 is 0. The number of rotatable bonds is 4. The van der Waals surface area contributed by atoms with Crippen molar-refractivity contribution in [2.45, 2.75) is 24.3 Å². The van der Waals surface area contributed by atoms with E-state index in [2.05, 4.69) is 0 Å². The van der Waals surface area contributed by atoms with E-state index in [4.69, 9.17) is 5.73 Å². The highest BCUT2D eigenvalue weighted by atomic mass is 32.2. The molecule has 0 spiro atoms. The molecular formula is C10H12F4N2O2S. The van der Waals surface area contributed by atoms with Crippen molar-refractivity contribution in [3.63, 3.8) is 0 Å². The smallest absolute Gasteiger partial charge is 0.247 e. The highest BCUT2D eigenvalue weighted by Crippen LogP contribution is 2.24. The van der Waals surface area contributed by atoms with Crippen molar-refractivity contribution in [1.29, 1.82) is 0 Å². The summed E-state index contributed by atoms with van der Waals surface area (Å²) in [6.45, 7) is 2.50. The van der Waals surface area contributed by atoms with Gasteiger partial charge in [0.15, 0.2) is 28.2 Å². The maximum Gasteiger partial charge on any atom is 0.247 e. The van der Waals surface area contributed by atoms with Crippen LogP contribution in [0.1, 0.15) is 13.8 Å². The molecule has 0 aliphatic carbocycles. The van der Waals surface area contributed by atoms with E-state index < -0.39 is 43.7 Å². The van der Waals surface area contributed by atoms with Gasteiger partial charge in [0.1, 0.15) is 0 Å². The van der Waals surface area contributed by atoms with Gasteiger partial charge in [-0.3, -0.25) is 0 Å². The predicted octanol–water partition coefficient (Wildman–Crippen LogP) is 1.26. The molecule has 0 fully saturated rings. The Morgan fingerprint density at radius 1 is 1.16 bits per heavy atom. The second-order valence-electron chi connectivity index (χ2n) is 4.49.